The average molecular weight is 382 g/mol. The van der Waals surface area contributed by atoms with Crippen molar-refractivity contribution in [2.24, 2.45) is 0 Å². The zero-order valence-electron chi connectivity index (χ0n) is 13.3. The fourth-order valence-electron chi connectivity index (χ4n) is 2.76. The van der Waals surface area contributed by atoms with Crippen LogP contribution in [0.2, 0.25) is 0 Å². The van der Waals surface area contributed by atoms with Gasteiger partial charge in [-0.15, -0.1) is 31.4 Å². The molecule has 1 aromatic carbocycles. The Morgan fingerprint density at radius 1 is 1.46 bits per heavy atom. The van der Waals surface area contributed by atoms with E-state index in [0.717, 1.165) is 37.8 Å². The molecule has 0 bridgehead atoms. The molecular weight excluding hydrogens is 360 g/mol. The van der Waals surface area contributed by atoms with Crippen molar-refractivity contribution >= 4 is 30.5 Å². The van der Waals surface area contributed by atoms with Crippen LogP contribution in [-0.2, 0) is 0 Å². The van der Waals surface area contributed by atoms with Crippen LogP contribution in [0.5, 0.6) is 5.75 Å². The van der Waals surface area contributed by atoms with Crippen LogP contribution in [0.15, 0.2) is 24.3 Å². The first-order valence-electron chi connectivity index (χ1n) is 7.16. The van der Waals surface area contributed by atoms with E-state index >= 15 is 0 Å². The van der Waals surface area contributed by atoms with E-state index < -0.39 is 22.2 Å². The number of rotatable bonds is 5. The van der Waals surface area contributed by atoms with E-state index in [1.807, 2.05) is 6.92 Å². The summed E-state index contributed by atoms with van der Waals surface area (Å²) in [6.45, 7) is 8.73. The first-order chi connectivity index (χ1) is 10.4. The van der Waals surface area contributed by atoms with Gasteiger partial charge in [-0.2, -0.15) is 0 Å². The van der Waals surface area contributed by atoms with E-state index in [1.165, 1.54) is 6.07 Å². The minimum Gasteiger partial charge on any atom is -0.502 e. The van der Waals surface area contributed by atoms with Gasteiger partial charge in [0.2, 0.25) is 0 Å². The number of phenols is 1. The van der Waals surface area contributed by atoms with Gasteiger partial charge in [0.15, 0.2) is 5.75 Å². The number of nitro benzene ring substituents is 1. The Labute approximate surface area is 152 Å². The number of nitrogens with zero attached hydrogens (tertiary/aromatic N) is 2. The standard InChI is InChI=1S/C15H20FN3O3.2ClH/c1-10(2)7-13(18-5-3-17-4-6-18)12-8-11(16)9-14(15(12)20)19(21)22;;/h8-9,13,17,20H,1,3-7H2,2H3;2*1H/t13-;;/m0../s1. The summed E-state index contributed by atoms with van der Waals surface area (Å²) in [5.41, 5.74) is 0.517. The second kappa shape index (κ2) is 9.78. The number of aromatic hydroxyl groups is 1. The van der Waals surface area contributed by atoms with Crippen LogP contribution >= 0.6 is 24.8 Å². The molecule has 0 aliphatic carbocycles. The van der Waals surface area contributed by atoms with E-state index in [-0.39, 0.29) is 36.4 Å². The molecule has 1 fully saturated rings. The van der Waals surface area contributed by atoms with Gasteiger partial charge in [0.1, 0.15) is 5.82 Å². The fourth-order valence-corrected chi connectivity index (χ4v) is 2.76. The maximum Gasteiger partial charge on any atom is 0.313 e. The second-order valence-corrected chi connectivity index (χ2v) is 5.58. The van der Waals surface area contributed by atoms with Gasteiger partial charge in [-0.1, -0.05) is 5.57 Å². The smallest absolute Gasteiger partial charge is 0.313 e. The lowest BCUT2D eigenvalue weighted by atomic mass is 9.96. The molecule has 6 nitrogen and oxygen atoms in total. The van der Waals surface area contributed by atoms with Crippen molar-refractivity contribution in [3.05, 3.63) is 45.8 Å². The number of hydrogen-bond acceptors (Lipinski definition) is 5. The van der Waals surface area contributed by atoms with Crippen LogP contribution in [0.3, 0.4) is 0 Å². The molecule has 9 heteroatoms. The highest BCUT2D eigenvalue weighted by Gasteiger charge is 2.29. The molecule has 1 saturated heterocycles. The number of piperazine rings is 1. The maximum atomic E-state index is 13.8. The molecule has 1 heterocycles. The van der Waals surface area contributed by atoms with Crippen molar-refractivity contribution in [1.29, 1.82) is 0 Å². The SMILES string of the molecule is C=C(C)C[C@@H](c1cc(F)cc([N+](=O)[O-])c1O)N1CCNCC1.Cl.Cl. The average Bonchev–Trinajstić information content (AvgIpc) is 2.47. The van der Waals surface area contributed by atoms with Crippen LogP contribution < -0.4 is 5.32 Å². The summed E-state index contributed by atoms with van der Waals surface area (Å²) in [5, 5.41) is 24.4. The van der Waals surface area contributed by atoms with Crippen LogP contribution in [-0.4, -0.2) is 41.1 Å². The van der Waals surface area contributed by atoms with Gasteiger partial charge in [-0.25, -0.2) is 4.39 Å². The van der Waals surface area contributed by atoms with Gasteiger partial charge in [-0.05, 0) is 19.4 Å². The molecule has 2 rings (SSSR count). The Hall–Kier alpha value is -1.41. The van der Waals surface area contributed by atoms with Crippen molar-refractivity contribution in [2.75, 3.05) is 26.2 Å². The molecule has 0 spiro atoms. The largest absolute Gasteiger partial charge is 0.502 e. The molecule has 0 aromatic heterocycles. The molecule has 0 unspecified atom stereocenters. The lowest BCUT2D eigenvalue weighted by molar-refractivity contribution is -0.386. The highest BCUT2D eigenvalue weighted by Crippen LogP contribution is 2.39. The van der Waals surface area contributed by atoms with Crippen molar-refractivity contribution in [3.8, 4) is 5.75 Å². The van der Waals surface area contributed by atoms with E-state index in [4.69, 9.17) is 0 Å². The normalized spacial score (nSPS) is 15.8. The summed E-state index contributed by atoms with van der Waals surface area (Å²) < 4.78 is 13.8. The third kappa shape index (κ3) is 5.31. The van der Waals surface area contributed by atoms with Gasteiger partial charge >= 0.3 is 5.69 Å². The summed E-state index contributed by atoms with van der Waals surface area (Å²) >= 11 is 0. The zero-order chi connectivity index (χ0) is 16.3. The molecule has 24 heavy (non-hydrogen) atoms. The molecule has 0 radical (unpaired) electrons. The number of nitrogens with one attached hydrogen (secondary N) is 1. The maximum absolute atomic E-state index is 13.8. The first-order valence-corrected chi connectivity index (χ1v) is 7.16. The van der Waals surface area contributed by atoms with Crippen molar-refractivity contribution in [2.45, 2.75) is 19.4 Å². The molecule has 1 aliphatic heterocycles. The Morgan fingerprint density at radius 3 is 2.54 bits per heavy atom. The summed E-state index contributed by atoms with van der Waals surface area (Å²) in [6, 6.07) is 1.60. The summed E-state index contributed by atoms with van der Waals surface area (Å²) in [6.07, 6.45) is 0.508. The monoisotopic (exact) mass is 381 g/mol. The Balaban J connectivity index is 0.00000264. The fraction of sp³-hybridized carbons (Fsp3) is 0.467. The predicted molar refractivity (Wildman–Crippen MR) is 95.8 cm³/mol. The van der Waals surface area contributed by atoms with Gasteiger partial charge in [-0.3, -0.25) is 15.0 Å². The van der Waals surface area contributed by atoms with E-state index in [2.05, 4.69) is 16.8 Å². The minimum absolute atomic E-state index is 0. The Bertz CT molecular complexity index is 596. The minimum atomic E-state index is -0.766. The number of halogens is 3. The lowest BCUT2D eigenvalue weighted by Gasteiger charge is -2.35. The third-order valence-corrected chi connectivity index (χ3v) is 3.77. The molecule has 136 valence electrons. The molecule has 1 aromatic rings. The predicted octanol–water partition coefficient (Wildman–Crippen LogP) is 3.20. The van der Waals surface area contributed by atoms with Gasteiger partial charge in [0.05, 0.1) is 11.0 Å². The van der Waals surface area contributed by atoms with E-state index in [0.29, 0.717) is 6.42 Å². The number of benzene rings is 1. The Kier molecular flexibility index (Phi) is 9.21. The van der Waals surface area contributed by atoms with Crippen LogP contribution in [0.4, 0.5) is 10.1 Å². The number of phenolic OH excluding ortho intramolecular Hbond substituents is 1. The van der Waals surface area contributed by atoms with Gasteiger partial charge < -0.3 is 10.4 Å². The topological polar surface area (TPSA) is 78.6 Å². The highest BCUT2D eigenvalue weighted by atomic mass is 35.5. The van der Waals surface area contributed by atoms with Crippen molar-refractivity contribution in [3.63, 3.8) is 0 Å². The first kappa shape index (κ1) is 22.6. The van der Waals surface area contributed by atoms with Crippen LogP contribution in [0.1, 0.15) is 24.9 Å². The van der Waals surface area contributed by atoms with Gasteiger partial charge in [0, 0.05) is 37.8 Å². The number of nitro groups is 1. The lowest BCUT2D eigenvalue weighted by Crippen LogP contribution is -2.45. The quantitative estimate of drug-likeness (QED) is 0.465. The van der Waals surface area contributed by atoms with Gasteiger partial charge in [0.25, 0.3) is 0 Å². The molecule has 0 amide bonds. The third-order valence-electron chi connectivity index (χ3n) is 3.77. The van der Waals surface area contributed by atoms with Crippen LogP contribution in [0.25, 0.3) is 0 Å². The summed E-state index contributed by atoms with van der Waals surface area (Å²) in [7, 11) is 0. The molecular formula is C15H22Cl2FN3O3. The van der Waals surface area contributed by atoms with Crippen LogP contribution in [0, 0.1) is 15.9 Å². The summed E-state index contributed by atoms with van der Waals surface area (Å²) in [4.78, 5) is 12.3. The molecule has 1 atom stereocenters. The van der Waals surface area contributed by atoms with E-state index in [9.17, 15) is 19.6 Å². The van der Waals surface area contributed by atoms with E-state index in [1.54, 1.807) is 0 Å². The van der Waals surface area contributed by atoms with Crippen molar-refractivity contribution < 1.29 is 14.4 Å². The van der Waals surface area contributed by atoms with Crippen molar-refractivity contribution in [1.82, 2.24) is 10.2 Å². The zero-order valence-corrected chi connectivity index (χ0v) is 15.0. The Morgan fingerprint density at radius 2 is 2.04 bits per heavy atom. The number of hydrogen-bond donors (Lipinski definition) is 2. The highest BCUT2D eigenvalue weighted by molar-refractivity contribution is 5.85. The summed E-state index contributed by atoms with van der Waals surface area (Å²) in [5.74, 6) is -1.18. The second-order valence-electron chi connectivity index (χ2n) is 5.58. The molecule has 1 aliphatic rings. The molecule has 2 N–H and O–H groups in total. The molecule has 0 saturated carbocycles.